The fraction of sp³-hybridized carbons (Fsp3) is 0.583. The highest BCUT2D eigenvalue weighted by Crippen LogP contribution is 2.32. The molecule has 0 saturated heterocycles. The summed E-state index contributed by atoms with van der Waals surface area (Å²) in [6, 6.07) is 3.92. The SMILES string of the molecule is CCOc1ccc(NCCC2CC2)cn1. The predicted octanol–water partition coefficient (Wildman–Crippen LogP) is 2.69. The molecule has 1 saturated carbocycles. The maximum Gasteiger partial charge on any atom is 0.213 e. The Bertz CT molecular complexity index is 293. The Morgan fingerprint density at radius 3 is 2.93 bits per heavy atom. The molecule has 0 bridgehead atoms. The zero-order valence-electron chi connectivity index (χ0n) is 9.20. The Balaban J connectivity index is 1.75. The lowest BCUT2D eigenvalue weighted by Crippen LogP contribution is -2.03. The summed E-state index contributed by atoms with van der Waals surface area (Å²) in [6.45, 7) is 3.69. The van der Waals surface area contributed by atoms with Crippen molar-refractivity contribution < 1.29 is 4.74 Å². The maximum absolute atomic E-state index is 5.27. The van der Waals surface area contributed by atoms with Gasteiger partial charge in [-0.2, -0.15) is 0 Å². The molecule has 1 aromatic heterocycles. The first-order chi connectivity index (χ1) is 7.38. The van der Waals surface area contributed by atoms with E-state index in [1.54, 1.807) is 0 Å². The molecule has 3 nitrogen and oxygen atoms in total. The Morgan fingerprint density at radius 1 is 1.47 bits per heavy atom. The van der Waals surface area contributed by atoms with E-state index < -0.39 is 0 Å². The number of aromatic nitrogens is 1. The average Bonchev–Trinajstić information content (AvgIpc) is 3.05. The molecule has 0 radical (unpaired) electrons. The Morgan fingerprint density at radius 2 is 2.33 bits per heavy atom. The van der Waals surface area contributed by atoms with Crippen LogP contribution in [-0.2, 0) is 0 Å². The molecule has 0 amide bonds. The molecule has 0 unspecified atom stereocenters. The van der Waals surface area contributed by atoms with Gasteiger partial charge in [0.15, 0.2) is 0 Å². The lowest BCUT2D eigenvalue weighted by molar-refractivity contribution is 0.327. The maximum atomic E-state index is 5.27. The number of hydrogen-bond acceptors (Lipinski definition) is 3. The molecule has 0 spiro atoms. The second-order valence-electron chi connectivity index (χ2n) is 3.98. The van der Waals surface area contributed by atoms with Gasteiger partial charge in [-0.1, -0.05) is 12.8 Å². The van der Waals surface area contributed by atoms with Crippen LogP contribution in [0.4, 0.5) is 5.69 Å². The molecule has 0 aromatic carbocycles. The highest BCUT2D eigenvalue weighted by Gasteiger charge is 2.19. The molecule has 2 rings (SSSR count). The predicted molar refractivity (Wildman–Crippen MR) is 61.2 cm³/mol. The Labute approximate surface area is 90.9 Å². The van der Waals surface area contributed by atoms with Crippen LogP contribution >= 0.6 is 0 Å². The van der Waals surface area contributed by atoms with Crippen LogP contribution in [0.5, 0.6) is 5.88 Å². The zero-order valence-corrected chi connectivity index (χ0v) is 9.20. The molecule has 82 valence electrons. The van der Waals surface area contributed by atoms with Crippen LogP contribution in [0.2, 0.25) is 0 Å². The average molecular weight is 206 g/mol. The molecule has 1 aliphatic carbocycles. The van der Waals surface area contributed by atoms with Crippen LogP contribution in [0.1, 0.15) is 26.2 Å². The number of nitrogens with zero attached hydrogens (tertiary/aromatic N) is 1. The van der Waals surface area contributed by atoms with E-state index in [0.717, 1.165) is 18.2 Å². The summed E-state index contributed by atoms with van der Waals surface area (Å²) in [6.07, 6.45) is 5.96. The molecule has 1 N–H and O–H groups in total. The van der Waals surface area contributed by atoms with Gasteiger partial charge in [0, 0.05) is 12.6 Å². The van der Waals surface area contributed by atoms with Crippen molar-refractivity contribution in [1.82, 2.24) is 4.98 Å². The molecular formula is C12H18N2O. The first-order valence-corrected chi connectivity index (χ1v) is 5.71. The van der Waals surface area contributed by atoms with Gasteiger partial charge in [-0.15, -0.1) is 0 Å². The minimum Gasteiger partial charge on any atom is -0.478 e. The van der Waals surface area contributed by atoms with Gasteiger partial charge >= 0.3 is 0 Å². The van der Waals surface area contributed by atoms with Gasteiger partial charge in [0.25, 0.3) is 0 Å². The van der Waals surface area contributed by atoms with Crippen molar-refractivity contribution >= 4 is 5.69 Å². The van der Waals surface area contributed by atoms with Crippen molar-refractivity contribution in [3.05, 3.63) is 18.3 Å². The molecule has 15 heavy (non-hydrogen) atoms. The summed E-state index contributed by atoms with van der Waals surface area (Å²) in [7, 11) is 0. The number of nitrogens with one attached hydrogen (secondary N) is 1. The van der Waals surface area contributed by atoms with Crippen LogP contribution in [-0.4, -0.2) is 18.1 Å². The molecule has 0 atom stereocenters. The minimum absolute atomic E-state index is 0.668. The second kappa shape index (κ2) is 5.01. The van der Waals surface area contributed by atoms with E-state index in [2.05, 4.69) is 10.3 Å². The van der Waals surface area contributed by atoms with E-state index in [-0.39, 0.29) is 0 Å². The number of ether oxygens (including phenoxy) is 1. The summed E-state index contributed by atoms with van der Waals surface area (Å²) < 4.78 is 5.27. The van der Waals surface area contributed by atoms with E-state index in [4.69, 9.17) is 4.74 Å². The highest BCUT2D eigenvalue weighted by atomic mass is 16.5. The first kappa shape index (κ1) is 10.3. The van der Waals surface area contributed by atoms with Crippen LogP contribution < -0.4 is 10.1 Å². The van der Waals surface area contributed by atoms with Crippen molar-refractivity contribution in [2.75, 3.05) is 18.5 Å². The van der Waals surface area contributed by atoms with Gasteiger partial charge in [-0.05, 0) is 25.3 Å². The number of anilines is 1. The number of hydrogen-bond donors (Lipinski definition) is 1. The van der Waals surface area contributed by atoms with Crippen molar-refractivity contribution in [1.29, 1.82) is 0 Å². The third kappa shape index (κ3) is 3.42. The summed E-state index contributed by atoms with van der Waals surface area (Å²) in [4.78, 5) is 4.20. The van der Waals surface area contributed by atoms with Gasteiger partial charge in [-0.3, -0.25) is 0 Å². The number of rotatable bonds is 6. The molecule has 1 fully saturated rings. The highest BCUT2D eigenvalue weighted by molar-refractivity contribution is 5.41. The fourth-order valence-electron chi connectivity index (χ4n) is 1.55. The van der Waals surface area contributed by atoms with Crippen molar-refractivity contribution in [2.24, 2.45) is 5.92 Å². The summed E-state index contributed by atoms with van der Waals surface area (Å²) in [5, 5.41) is 3.37. The molecular weight excluding hydrogens is 188 g/mol. The summed E-state index contributed by atoms with van der Waals surface area (Å²) >= 11 is 0. The van der Waals surface area contributed by atoms with E-state index in [0.29, 0.717) is 12.5 Å². The van der Waals surface area contributed by atoms with Gasteiger partial charge in [0.05, 0.1) is 18.5 Å². The van der Waals surface area contributed by atoms with Crippen molar-refractivity contribution in [3.8, 4) is 5.88 Å². The van der Waals surface area contributed by atoms with Crippen LogP contribution in [0, 0.1) is 5.92 Å². The molecule has 1 aromatic rings. The quantitative estimate of drug-likeness (QED) is 0.777. The third-order valence-corrected chi connectivity index (χ3v) is 2.61. The van der Waals surface area contributed by atoms with E-state index in [1.165, 1.54) is 19.3 Å². The molecule has 0 aliphatic heterocycles. The van der Waals surface area contributed by atoms with Crippen molar-refractivity contribution in [3.63, 3.8) is 0 Å². The first-order valence-electron chi connectivity index (χ1n) is 5.71. The monoisotopic (exact) mass is 206 g/mol. The van der Waals surface area contributed by atoms with E-state index >= 15 is 0 Å². The normalized spacial score (nSPS) is 15.0. The van der Waals surface area contributed by atoms with Crippen LogP contribution in [0.25, 0.3) is 0 Å². The minimum atomic E-state index is 0.668. The fourth-order valence-corrected chi connectivity index (χ4v) is 1.55. The molecule has 3 heteroatoms. The van der Waals surface area contributed by atoms with E-state index in [1.807, 2.05) is 25.3 Å². The Kier molecular flexibility index (Phi) is 3.43. The third-order valence-electron chi connectivity index (χ3n) is 2.61. The van der Waals surface area contributed by atoms with Gasteiger partial charge in [-0.25, -0.2) is 4.98 Å². The standard InChI is InChI=1S/C12H18N2O/c1-2-15-12-6-5-11(9-14-12)13-8-7-10-3-4-10/h5-6,9-10,13H,2-4,7-8H2,1H3. The summed E-state index contributed by atoms with van der Waals surface area (Å²) in [5.41, 5.74) is 1.08. The van der Waals surface area contributed by atoms with Gasteiger partial charge < -0.3 is 10.1 Å². The Hall–Kier alpha value is -1.25. The van der Waals surface area contributed by atoms with Crippen molar-refractivity contribution in [2.45, 2.75) is 26.2 Å². The smallest absolute Gasteiger partial charge is 0.213 e. The van der Waals surface area contributed by atoms with Gasteiger partial charge in [0.2, 0.25) is 5.88 Å². The largest absolute Gasteiger partial charge is 0.478 e. The van der Waals surface area contributed by atoms with Gasteiger partial charge in [0.1, 0.15) is 0 Å². The zero-order chi connectivity index (χ0) is 10.5. The molecule has 1 heterocycles. The second-order valence-corrected chi connectivity index (χ2v) is 3.98. The lowest BCUT2D eigenvalue weighted by atomic mass is 10.3. The summed E-state index contributed by atoms with van der Waals surface area (Å²) in [5.74, 6) is 1.68. The number of pyridine rings is 1. The molecule has 1 aliphatic rings. The topological polar surface area (TPSA) is 34.1 Å². The lowest BCUT2D eigenvalue weighted by Gasteiger charge is -2.06. The van der Waals surface area contributed by atoms with Crippen LogP contribution in [0.3, 0.4) is 0 Å². The van der Waals surface area contributed by atoms with E-state index in [9.17, 15) is 0 Å². The van der Waals surface area contributed by atoms with Crippen LogP contribution in [0.15, 0.2) is 18.3 Å².